The van der Waals surface area contributed by atoms with Gasteiger partial charge in [-0.25, -0.2) is 0 Å². The van der Waals surface area contributed by atoms with Crippen LogP contribution in [0.4, 0.5) is 0 Å². The Balaban J connectivity index is 0.000000327. The molecule has 0 unspecified atom stereocenters. The Morgan fingerprint density at radius 2 is 1.45 bits per heavy atom. The van der Waals surface area contributed by atoms with Crippen molar-refractivity contribution in [2.45, 2.75) is 71.1 Å². The minimum absolute atomic E-state index is 0.281. The minimum Gasteiger partial charge on any atom is -0.460 e. The third-order valence-corrected chi connectivity index (χ3v) is 3.75. The molecule has 2 rings (SSSR count). The van der Waals surface area contributed by atoms with Gasteiger partial charge in [-0.1, -0.05) is 52.4 Å². The van der Waals surface area contributed by atoms with Gasteiger partial charge in [0, 0.05) is 5.92 Å². The number of carbonyl (C=O) groups is 1. The van der Waals surface area contributed by atoms with Crippen molar-refractivity contribution in [2.75, 3.05) is 0 Å². The zero-order valence-corrected chi connectivity index (χ0v) is 12.8. The van der Waals surface area contributed by atoms with Crippen molar-refractivity contribution in [1.82, 2.24) is 0 Å². The van der Waals surface area contributed by atoms with Gasteiger partial charge in [-0.3, -0.25) is 9.59 Å². The van der Waals surface area contributed by atoms with E-state index < -0.39 is 0 Å². The van der Waals surface area contributed by atoms with Gasteiger partial charge in [0.15, 0.2) is 0 Å². The molecule has 0 amide bonds. The molecule has 0 atom stereocenters. The van der Waals surface area contributed by atoms with Crippen LogP contribution in [0.15, 0.2) is 0 Å². The molecule has 0 bridgehead atoms. The van der Waals surface area contributed by atoms with E-state index >= 15 is 0 Å². The monoisotopic (exact) mass is 281 g/mol. The second kappa shape index (κ2) is 14.5. The van der Waals surface area contributed by atoms with Crippen molar-refractivity contribution in [1.29, 1.82) is 0 Å². The molecule has 3 heteroatoms. The zero-order chi connectivity index (χ0) is 15.1. The minimum atomic E-state index is 0.281. The van der Waals surface area contributed by atoms with Crippen LogP contribution in [0.2, 0.25) is 0 Å². The quantitative estimate of drug-likeness (QED) is 0.716. The van der Waals surface area contributed by atoms with Gasteiger partial charge < -0.3 is 4.74 Å². The SMILES string of the molecule is O=CO[CH]C1CCCCC1.O=[C]C1CCCCC1.[CH2]C. The van der Waals surface area contributed by atoms with Crippen LogP contribution in [0.5, 0.6) is 0 Å². The summed E-state index contributed by atoms with van der Waals surface area (Å²) in [6.45, 7) is 7.17. The third-order valence-electron chi connectivity index (χ3n) is 3.75. The summed E-state index contributed by atoms with van der Waals surface area (Å²) in [5, 5.41) is 0. The highest BCUT2D eigenvalue weighted by molar-refractivity contribution is 5.54. The summed E-state index contributed by atoms with van der Waals surface area (Å²) in [6, 6.07) is 0. The number of hydrogen-bond donors (Lipinski definition) is 0. The van der Waals surface area contributed by atoms with Crippen molar-refractivity contribution >= 4 is 12.8 Å². The Kier molecular flexibility index (Phi) is 13.9. The van der Waals surface area contributed by atoms with E-state index in [-0.39, 0.29) is 5.92 Å². The molecule has 115 valence electrons. The molecule has 2 saturated carbocycles. The zero-order valence-electron chi connectivity index (χ0n) is 12.8. The molecular weight excluding hydrogens is 252 g/mol. The Bertz CT molecular complexity index is 216. The molecule has 0 aromatic carbocycles. The van der Waals surface area contributed by atoms with Gasteiger partial charge in [-0.2, -0.15) is 0 Å². The molecule has 0 aromatic rings. The van der Waals surface area contributed by atoms with E-state index in [1.807, 2.05) is 0 Å². The smallest absolute Gasteiger partial charge is 0.293 e. The van der Waals surface area contributed by atoms with E-state index in [2.05, 4.69) is 17.9 Å². The van der Waals surface area contributed by atoms with E-state index in [1.165, 1.54) is 51.4 Å². The van der Waals surface area contributed by atoms with Gasteiger partial charge in [-0.15, -0.1) is 0 Å². The maximum Gasteiger partial charge on any atom is 0.293 e. The Morgan fingerprint density at radius 3 is 1.85 bits per heavy atom. The molecule has 0 saturated heterocycles. The molecular formula is C17H29O3. The van der Waals surface area contributed by atoms with E-state index in [0.717, 1.165) is 12.8 Å². The van der Waals surface area contributed by atoms with Crippen LogP contribution in [0.1, 0.15) is 71.1 Å². The summed E-state index contributed by atoms with van der Waals surface area (Å²) in [7, 11) is 0. The Hall–Kier alpha value is -0.860. The fourth-order valence-electron chi connectivity index (χ4n) is 2.63. The molecule has 0 aliphatic heterocycles. The Morgan fingerprint density at radius 1 is 0.950 bits per heavy atom. The fourth-order valence-corrected chi connectivity index (χ4v) is 2.63. The van der Waals surface area contributed by atoms with Crippen molar-refractivity contribution in [3.05, 3.63) is 13.5 Å². The maximum absolute atomic E-state index is 10.0. The molecule has 0 aromatic heterocycles. The van der Waals surface area contributed by atoms with Gasteiger partial charge >= 0.3 is 0 Å². The average molecular weight is 281 g/mol. The van der Waals surface area contributed by atoms with E-state index in [9.17, 15) is 9.59 Å². The second-order valence-electron chi connectivity index (χ2n) is 5.22. The highest BCUT2D eigenvalue weighted by Crippen LogP contribution is 2.25. The average Bonchev–Trinajstić information content (AvgIpc) is 2.57. The fraction of sp³-hybridized carbons (Fsp3) is 0.765. The number of carbonyl (C=O) groups excluding carboxylic acids is 2. The molecule has 0 heterocycles. The Labute approximate surface area is 124 Å². The summed E-state index contributed by atoms with van der Waals surface area (Å²) in [4.78, 5) is 19.8. The first-order valence-corrected chi connectivity index (χ1v) is 7.87. The van der Waals surface area contributed by atoms with Crippen LogP contribution in [0, 0.1) is 25.4 Å². The summed E-state index contributed by atoms with van der Waals surface area (Å²) >= 11 is 0. The molecule has 20 heavy (non-hydrogen) atoms. The van der Waals surface area contributed by atoms with Crippen LogP contribution >= 0.6 is 0 Å². The predicted molar refractivity (Wildman–Crippen MR) is 81.3 cm³/mol. The van der Waals surface area contributed by atoms with Crippen LogP contribution in [0.25, 0.3) is 0 Å². The topological polar surface area (TPSA) is 43.4 Å². The van der Waals surface area contributed by atoms with Gasteiger partial charge in [0.1, 0.15) is 6.61 Å². The van der Waals surface area contributed by atoms with Gasteiger partial charge in [0.2, 0.25) is 6.29 Å². The van der Waals surface area contributed by atoms with Crippen molar-refractivity contribution in [3.63, 3.8) is 0 Å². The highest BCUT2D eigenvalue weighted by atomic mass is 16.5. The van der Waals surface area contributed by atoms with Crippen LogP contribution < -0.4 is 0 Å². The first kappa shape index (κ1) is 19.1. The number of hydrogen-bond acceptors (Lipinski definition) is 3. The first-order valence-electron chi connectivity index (χ1n) is 7.87. The number of ether oxygens (including phenoxy) is 1. The molecule has 3 radical (unpaired) electrons. The van der Waals surface area contributed by atoms with Gasteiger partial charge in [0.25, 0.3) is 6.47 Å². The lowest BCUT2D eigenvalue weighted by atomic mass is 9.90. The van der Waals surface area contributed by atoms with E-state index in [0.29, 0.717) is 12.4 Å². The molecule has 0 spiro atoms. The van der Waals surface area contributed by atoms with Crippen molar-refractivity contribution in [3.8, 4) is 0 Å². The number of rotatable bonds is 4. The lowest BCUT2D eigenvalue weighted by molar-refractivity contribution is -0.126. The molecule has 2 aliphatic rings. The molecule has 2 aliphatic carbocycles. The maximum atomic E-state index is 10.0. The van der Waals surface area contributed by atoms with Crippen molar-refractivity contribution in [2.24, 2.45) is 11.8 Å². The van der Waals surface area contributed by atoms with Gasteiger partial charge in [-0.05, 0) is 31.6 Å². The normalized spacial score (nSPS) is 19.7. The van der Waals surface area contributed by atoms with Gasteiger partial charge in [0.05, 0.1) is 0 Å². The second-order valence-corrected chi connectivity index (χ2v) is 5.22. The molecule has 2 fully saturated rings. The third kappa shape index (κ3) is 9.99. The molecule has 0 N–H and O–H groups in total. The van der Waals surface area contributed by atoms with E-state index in [1.54, 1.807) is 13.5 Å². The van der Waals surface area contributed by atoms with Crippen LogP contribution in [-0.4, -0.2) is 12.8 Å². The highest BCUT2D eigenvalue weighted by Gasteiger charge is 2.13. The lowest BCUT2D eigenvalue weighted by Crippen LogP contribution is -2.07. The van der Waals surface area contributed by atoms with E-state index in [4.69, 9.17) is 0 Å². The first-order chi connectivity index (χ1) is 9.86. The van der Waals surface area contributed by atoms with Crippen LogP contribution in [0.3, 0.4) is 0 Å². The largest absolute Gasteiger partial charge is 0.460 e. The summed E-state index contributed by atoms with van der Waals surface area (Å²) in [6.07, 6.45) is 14.3. The standard InChI is InChI=1S/C8H13O2.C7H11O.C2H5/c9-7-10-6-8-4-2-1-3-5-8;8-6-7-4-2-1-3-5-7;1-2/h6-8H,1-5H2;7H,1-5H2;1H2,2H3. The van der Waals surface area contributed by atoms with Crippen molar-refractivity contribution < 1.29 is 14.3 Å². The van der Waals surface area contributed by atoms with Crippen LogP contribution in [-0.2, 0) is 14.3 Å². The molecule has 3 nitrogen and oxygen atoms in total. The summed E-state index contributed by atoms with van der Waals surface area (Å²) in [5.74, 6) is 0.808. The summed E-state index contributed by atoms with van der Waals surface area (Å²) in [5.41, 5.74) is 0. The predicted octanol–water partition coefficient (Wildman–Crippen LogP) is 4.42. The lowest BCUT2D eigenvalue weighted by Gasteiger charge is -2.18. The summed E-state index contributed by atoms with van der Waals surface area (Å²) < 4.78 is 4.57.